The van der Waals surface area contributed by atoms with Crippen molar-refractivity contribution >= 4 is 44.9 Å². The molecule has 0 aliphatic carbocycles. The van der Waals surface area contributed by atoms with Gasteiger partial charge in [0.1, 0.15) is 15.5 Å². The van der Waals surface area contributed by atoms with E-state index in [0.717, 1.165) is 22.8 Å². The van der Waals surface area contributed by atoms with Crippen LogP contribution in [0.1, 0.15) is 27.0 Å². The van der Waals surface area contributed by atoms with E-state index in [1.807, 2.05) is 6.92 Å². The van der Waals surface area contributed by atoms with Gasteiger partial charge in [-0.05, 0) is 42.6 Å². The van der Waals surface area contributed by atoms with Crippen LogP contribution < -0.4 is 15.6 Å². The smallest absolute Gasteiger partial charge is 0.281 e. The van der Waals surface area contributed by atoms with Crippen LogP contribution in [0, 0.1) is 0 Å². The van der Waals surface area contributed by atoms with Gasteiger partial charge in [0.15, 0.2) is 0 Å². The number of sulfonamides is 1. The van der Waals surface area contributed by atoms with Crippen molar-refractivity contribution in [1.82, 2.24) is 15.2 Å². The average molecular weight is 456 g/mol. The predicted molar refractivity (Wildman–Crippen MR) is 113 cm³/mol. The second-order valence-electron chi connectivity index (χ2n) is 6.00. The van der Waals surface area contributed by atoms with Crippen LogP contribution in [0.4, 0.5) is 0 Å². The maximum atomic E-state index is 12.9. The van der Waals surface area contributed by atoms with Crippen LogP contribution in [0.3, 0.4) is 0 Å². The van der Waals surface area contributed by atoms with Crippen molar-refractivity contribution in [2.24, 2.45) is 0 Å². The Morgan fingerprint density at radius 1 is 1.07 bits per heavy atom. The third-order valence-electron chi connectivity index (χ3n) is 4.14. The molecule has 0 radical (unpaired) electrons. The molecule has 1 aromatic carbocycles. The summed E-state index contributed by atoms with van der Waals surface area (Å²) < 4.78 is 32.4. The molecule has 8 nitrogen and oxygen atoms in total. The number of nitrogens with one attached hydrogen (secondary N) is 2. The molecule has 156 valence electrons. The standard InChI is InChI=1S/C18H21N3O5S3/c1-2-26-14-5-3-13(4-6-14)17(22)19-20-18(23)16-15(7-10-28-16)29(24,25)21-8-11-27-12-9-21/h3-7,10H,2,8-9,11-12H2,1H3,(H,19,22)(H,20,23). The molecule has 2 heterocycles. The molecule has 0 bridgehead atoms. The highest BCUT2D eigenvalue weighted by atomic mass is 32.2. The minimum Gasteiger partial charge on any atom is -0.494 e. The van der Waals surface area contributed by atoms with Crippen molar-refractivity contribution in [1.29, 1.82) is 0 Å². The molecule has 2 N–H and O–H groups in total. The number of rotatable bonds is 6. The Morgan fingerprint density at radius 2 is 1.72 bits per heavy atom. The molecule has 1 aliphatic rings. The Kier molecular flexibility index (Phi) is 7.17. The summed E-state index contributed by atoms with van der Waals surface area (Å²) >= 11 is 2.71. The molecule has 11 heteroatoms. The average Bonchev–Trinajstić information content (AvgIpc) is 3.24. The van der Waals surface area contributed by atoms with Crippen LogP contribution in [0.15, 0.2) is 40.6 Å². The Bertz CT molecular complexity index is 967. The molecule has 1 saturated heterocycles. The van der Waals surface area contributed by atoms with Gasteiger partial charge in [0.25, 0.3) is 11.8 Å². The Hall–Kier alpha value is -2.08. The fraction of sp³-hybridized carbons (Fsp3) is 0.333. The van der Waals surface area contributed by atoms with Crippen molar-refractivity contribution < 1.29 is 22.7 Å². The van der Waals surface area contributed by atoms with Gasteiger partial charge in [-0.25, -0.2) is 8.42 Å². The summed E-state index contributed by atoms with van der Waals surface area (Å²) in [7, 11) is -3.75. The maximum absolute atomic E-state index is 12.9. The molecule has 3 rings (SSSR count). The van der Waals surface area contributed by atoms with Gasteiger partial charge in [-0.2, -0.15) is 16.1 Å². The van der Waals surface area contributed by atoms with Gasteiger partial charge in [-0.1, -0.05) is 0 Å². The zero-order chi connectivity index (χ0) is 20.9. The van der Waals surface area contributed by atoms with Crippen molar-refractivity contribution in [3.05, 3.63) is 46.2 Å². The van der Waals surface area contributed by atoms with Gasteiger partial charge in [0.05, 0.1) is 6.61 Å². The molecule has 0 spiro atoms. The van der Waals surface area contributed by atoms with Gasteiger partial charge in [-0.3, -0.25) is 20.4 Å². The number of hydrogen-bond donors (Lipinski definition) is 2. The first-order valence-electron chi connectivity index (χ1n) is 8.92. The summed E-state index contributed by atoms with van der Waals surface area (Å²) in [6.45, 7) is 3.21. The van der Waals surface area contributed by atoms with E-state index in [-0.39, 0.29) is 9.77 Å². The SMILES string of the molecule is CCOc1ccc(C(=O)NNC(=O)c2sccc2S(=O)(=O)N2CCSCC2)cc1. The number of thiophene rings is 1. The van der Waals surface area contributed by atoms with E-state index in [2.05, 4.69) is 10.9 Å². The van der Waals surface area contributed by atoms with Crippen molar-refractivity contribution in [3.8, 4) is 5.75 Å². The Labute approximate surface area is 177 Å². The zero-order valence-electron chi connectivity index (χ0n) is 15.7. The number of hydrazine groups is 1. The van der Waals surface area contributed by atoms with E-state index < -0.39 is 21.8 Å². The second kappa shape index (κ2) is 9.61. The number of nitrogens with zero attached hydrogens (tertiary/aromatic N) is 1. The summed E-state index contributed by atoms with van der Waals surface area (Å²) in [6.07, 6.45) is 0. The highest BCUT2D eigenvalue weighted by Crippen LogP contribution is 2.27. The number of thioether (sulfide) groups is 1. The maximum Gasteiger partial charge on any atom is 0.281 e. The second-order valence-corrected chi connectivity index (χ2v) is 10.0. The van der Waals surface area contributed by atoms with E-state index in [0.29, 0.717) is 31.0 Å². The topological polar surface area (TPSA) is 105 Å². The van der Waals surface area contributed by atoms with Crippen LogP contribution in [-0.4, -0.2) is 55.7 Å². The molecule has 1 fully saturated rings. The Balaban J connectivity index is 1.66. The summed E-state index contributed by atoms with van der Waals surface area (Å²) in [6, 6.07) is 7.87. The van der Waals surface area contributed by atoms with Crippen LogP contribution in [0.2, 0.25) is 0 Å². The van der Waals surface area contributed by atoms with Crippen LogP contribution >= 0.6 is 23.1 Å². The molecule has 0 saturated carbocycles. The van der Waals surface area contributed by atoms with Crippen molar-refractivity contribution in [2.45, 2.75) is 11.8 Å². The third-order valence-corrected chi connectivity index (χ3v) is 8.07. The summed E-state index contributed by atoms with van der Waals surface area (Å²) in [5.41, 5.74) is 4.94. The van der Waals surface area contributed by atoms with Gasteiger partial charge >= 0.3 is 0 Å². The quantitative estimate of drug-likeness (QED) is 0.645. The lowest BCUT2D eigenvalue weighted by molar-refractivity contribution is 0.0847. The minimum absolute atomic E-state index is 0.0372. The van der Waals surface area contributed by atoms with Crippen LogP contribution in [-0.2, 0) is 10.0 Å². The van der Waals surface area contributed by atoms with Gasteiger partial charge < -0.3 is 4.74 Å². The Morgan fingerprint density at radius 3 is 2.38 bits per heavy atom. The van der Waals surface area contributed by atoms with Gasteiger partial charge in [0, 0.05) is 30.2 Å². The molecule has 1 aromatic heterocycles. The van der Waals surface area contributed by atoms with Gasteiger partial charge in [0.2, 0.25) is 10.0 Å². The molecule has 2 amide bonds. The number of carbonyl (C=O) groups is 2. The lowest BCUT2D eigenvalue weighted by Crippen LogP contribution is -2.42. The third kappa shape index (κ3) is 5.10. The van der Waals surface area contributed by atoms with E-state index in [1.165, 1.54) is 10.4 Å². The van der Waals surface area contributed by atoms with Crippen LogP contribution in [0.25, 0.3) is 0 Å². The summed E-state index contributed by atoms with van der Waals surface area (Å²) in [5.74, 6) is 0.892. The van der Waals surface area contributed by atoms with E-state index in [4.69, 9.17) is 4.74 Å². The van der Waals surface area contributed by atoms with E-state index in [1.54, 1.807) is 41.4 Å². The predicted octanol–water partition coefficient (Wildman–Crippen LogP) is 1.96. The number of amides is 2. The number of benzene rings is 1. The molecule has 0 atom stereocenters. The number of carbonyl (C=O) groups excluding carboxylic acids is 2. The number of ether oxygens (including phenoxy) is 1. The van der Waals surface area contributed by atoms with Gasteiger partial charge in [-0.15, -0.1) is 11.3 Å². The highest BCUT2D eigenvalue weighted by molar-refractivity contribution is 7.99. The lowest BCUT2D eigenvalue weighted by atomic mass is 10.2. The first-order valence-corrected chi connectivity index (χ1v) is 12.4. The normalized spacial score (nSPS) is 14.9. The molecular weight excluding hydrogens is 434 g/mol. The van der Waals surface area contributed by atoms with Crippen LogP contribution in [0.5, 0.6) is 5.75 Å². The first-order chi connectivity index (χ1) is 13.9. The highest BCUT2D eigenvalue weighted by Gasteiger charge is 2.31. The fourth-order valence-electron chi connectivity index (χ4n) is 2.70. The monoisotopic (exact) mass is 455 g/mol. The van der Waals surface area contributed by atoms with Crippen molar-refractivity contribution in [3.63, 3.8) is 0 Å². The molecule has 2 aromatic rings. The zero-order valence-corrected chi connectivity index (χ0v) is 18.2. The van der Waals surface area contributed by atoms with Crippen molar-refractivity contribution in [2.75, 3.05) is 31.2 Å². The molecule has 0 unspecified atom stereocenters. The first kappa shape index (κ1) is 21.6. The largest absolute Gasteiger partial charge is 0.494 e. The van der Waals surface area contributed by atoms with E-state index >= 15 is 0 Å². The number of hydrogen-bond acceptors (Lipinski definition) is 7. The molecule has 29 heavy (non-hydrogen) atoms. The fourth-order valence-corrected chi connectivity index (χ4v) is 6.58. The van der Waals surface area contributed by atoms with E-state index in [9.17, 15) is 18.0 Å². The lowest BCUT2D eigenvalue weighted by Gasteiger charge is -2.25. The summed E-state index contributed by atoms with van der Waals surface area (Å²) in [5, 5.41) is 1.55. The minimum atomic E-state index is -3.75. The molecular formula is C18H21N3O5S3. The summed E-state index contributed by atoms with van der Waals surface area (Å²) in [4.78, 5) is 24.7. The molecule has 1 aliphatic heterocycles.